The number of hydrogen-bond donors (Lipinski definition) is 1. The van der Waals surface area contributed by atoms with E-state index in [1.165, 1.54) is 7.11 Å². The maximum atomic E-state index is 12.4. The quantitative estimate of drug-likeness (QED) is 0.615. The summed E-state index contributed by atoms with van der Waals surface area (Å²) < 4.78 is 15.7. The first-order valence-corrected chi connectivity index (χ1v) is 9.20. The molecule has 0 saturated heterocycles. The molecule has 1 N–H and O–H groups in total. The van der Waals surface area contributed by atoms with E-state index < -0.39 is 18.0 Å². The molecule has 3 aromatic carbocycles. The zero-order valence-electron chi connectivity index (χ0n) is 16.6. The van der Waals surface area contributed by atoms with Crippen molar-refractivity contribution in [1.29, 1.82) is 0 Å². The molecule has 1 amide bonds. The van der Waals surface area contributed by atoms with Gasteiger partial charge in [-0.1, -0.05) is 36.4 Å². The van der Waals surface area contributed by atoms with Crippen LogP contribution >= 0.6 is 0 Å². The molecule has 0 aliphatic heterocycles. The van der Waals surface area contributed by atoms with Crippen molar-refractivity contribution in [2.45, 2.75) is 19.4 Å². The van der Waals surface area contributed by atoms with Gasteiger partial charge in [-0.2, -0.15) is 0 Å². The Bertz CT molecular complexity index is 1030. The maximum Gasteiger partial charge on any atom is 0.311 e. The lowest BCUT2D eigenvalue weighted by Crippen LogP contribution is -2.30. The Morgan fingerprint density at radius 2 is 1.69 bits per heavy atom. The number of carbonyl (C=O) groups excluding carboxylic acids is 2. The molecule has 0 spiro atoms. The molecular weight excluding hydrogens is 370 g/mol. The number of amides is 1. The number of hydrogen-bond acceptors (Lipinski definition) is 5. The highest BCUT2D eigenvalue weighted by Crippen LogP contribution is 2.25. The van der Waals surface area contributed by atoms with Crippen LogP contribution in [-0.4, -0.2) is 32.2 Å². The van der Waals surface area contributed by atoms with Crippen LogP contribution in [0.2, 0.25) is 0 Å². The van der Waals surface area contributed by atoms with E-state index in [0.29, 0.717) is 22.7 Å². The van der Waals surface area contributed by atoms with Crippen molar-refractivity contribution in [3.8, 4) is 11.5 Å². The Morgan fingerprint density at radius 3 is 2.41 bits per heavy atom. The molecule has 0 bridgehead atoms. The molecule has 29 heavy (non-hydrogen) atoms. The SMILES string of the molecule is COc1ccc(CC(=O)OC(C)C(=O)Nc2ccc3ccccc3c2)c(OC)c1. The number of ether oxygens (including phenoxy) is 3. The van der Waals surface area contributed by atoms with Crippen molar-refractivity contribution in [1.82, 2.24) is 0 Å². The van der Waals surface area contributed by atoms with Gasteiger partial charge in [-0.15, -0.1) is 0 Å². The fourth-order valence-electron chi connectivity index (χ4n) is 2.96. The van der Waals surface area contributed by atoms with Crippen LogP contribution in [0, 0.1) is 0 Å². The molecule has 0 aliphatic rings. The lowest BCUT2D eigenvalue weighted by molar-refractivity contribution is -0.152. The smallest absolute Gasteiger partial charge is 0.311 e. The first-order chi connectivity index (χ1) is 14.0. The number of methoxy groups -OCH3 is 2. The van der Waals surface area contributed by atoms with Crippen molar-refractivity contribution < 1.29 is 23.8 Å². The van der Waals surface area contributed by atoms with Crippen LogP contribution in [-0.2, 0) is 20.7 Å². The van der Waals surface area contributed by atoms with E-state index in [-0.39, 0.29) is 6.42 Å². The topological polar surface area (TPSA) is 73.9 Å². The number of anilines is 1. The van der Waals surface area contributed by atoms with E-state index in [9.17, 15) is 9.59 Å². The van der Waals surface area contributed by atoms with E-state index in [2.05, 4.69) is 5.32 Å². The van der Waals surface area contributed by atoms with Crippen molar-refractivity contribution in [3.63, 3.8) is 0 Å². The monoisotopic (exact) mass is 393 g/mol. The molecule has 0 saturated carbocycles. The second-order valence-electron chi connectivity index (χ2n) is 6.54. The summed E-state index contributed by atoms with van der Waals surface area (Å²) in [7, 11) is 3.07. The molecule has 0 radical (unpaired) electrons. The van der Waals surface area contributed by atoms with E-state index in [1.54, 1.807) is 32.2 Å². The highest BCUT2D eigenvalue weighted by Gasteiger charge is 2.19. The fourth-order valence-corrected chi connectivity index (χ4v) is 2.96. The van der Waals surface area contributed by atoms with E-state index in [0.717, 1.165) is 10.8 Å². The predicted molar refractivity (Wildman–Crippen MR) is 111 cm³/mol. The average Bonchev–Trinajstić information content (AvgIpc) is 2.73. The fraction of sp³-hybridized carbons (Fsp3) is 0.217. The van der Waals surface area contributed by atoms with Crippen LogP contribution in [0.3, 0.4) is 0 Å². The Balaban J connectivity index is 1.60. The molecule has 6 nitrogen and oxygen atoms in total. The van der Waals surface area contributed by atoms with Crippen molar-refractivity contribution >= 4 is 28.3 Å². The van der Waals surface area contributed by atoms with Crippen molar-refractivity contribution in [3.05, 3.63) is 66.2 Å². The Kier molecular flexibility index (Phi) is 6.34. The van der Waals surface area contributed by atoms with Gasteiger partial charge in [-0.05, 0) is 35.9 Å². The molecule has 0 aliphatic carbocycles. The summed E-state index contributed by atoms with van der Waals surface area (Å²) in [6.45, 7) is 1.54. The third kappa shape index (κ3) is 5.04. The molecule has 3 aromatic rings. The van der Waals surface area contributed by atoms with Crippen LogP contribution in [0.4, 0.5) is 5.69 Å². The Hall–Kier alpha value is -3.54. The number of benzene rings is 3. The summed E-state index contributed by atoms with van der Waals surface area (Å²) in [4.78, 5) is 24.7. The standard InChI is InChI=1S/C23H23NO5/c1-15(23(26)24-19-10-8-16-6-4-5-7-17(16)12-19)29-22(25)13-18-9-11-20(27-2)14-21(18)28-3/h4-12,14-15H,13H2,1-3H3,(H,24,26). The molecule has 1 atom stereocenters. The average molecular weight is 393 g/mol. The second-order valence-corrected chi connectivity index (χ2v) is 6.54. The maximum absolute atomic E-state index is 12.4. The first kappa shape index (κ1) is 20.2. The van der Waals surface area contributed by atoms with Crippen molar-refractivity contribution in [2.75, 3.05) is 19.5 Å². The molecule has 0 heterocycles. The zero-order valence-corrected chi connectivity index (χ0v) is 16.6. The van der Waals surface area contributed by atoms with Crippen LogP contribution < -0.4 is 14.8 Å². The first-order valence-electron chi connectivity index (χ1n) is 9.20. The van der Waals surface area contributed by atoms with Gasteiger partial charge in [0, 0.05) is 17.3 Å². The number of nitrogens with one attached hydrogen (secondary N) is 1. The van der Waals surface area contributed by atoms with E-state index >= 15 is 0 Å². The van der Waals surface area contributed by atoms with Gasteiger partial charge in [0.1, 0.15) is 11.5 Å². The normalized spacial score (nSPS) is 11.6. The van der Waals surface area contributed by atoms with Gasteiger partial charge in [0.25, 0.3) is 5.91 Å². The van der Waals surface area contributed by atoms with Gasteiger partial charge in [0.15, 0.2) is 6.10 Å². The molecule has 3 rings (SSSR count). The van der Waals surface area contributed by atoms with Crippen LogP contribution in [0.25, 0.3) is 10.8 Å². The highest BCUT2D eigenvalue weighted by atomic mass is 16.5. The summed E-state index contributed by atoms with van der Waals surface area (Å²) in [5, 5.41) is 4.88. The second kappa shape index (κ2) is 9.10. The molecule has 150 valence electrons. The number of carbonyl (C=O) groups is 2. The largest absolute Gasteiger partial charge is 0.497 e. The third-order valence-corrected chi connectivity index (χ3v) is 4.52. The van der Waals surface area contributed by atoms with E-state index in [4.69, 9.17) is 14.2 Å². The summed E-state index contributed by atoms with van der Waals surface area (Å²) in [6, 6.07) is 18.7. The van der Waals surface area contributed by atoms with E-state index in [1.807, 2.05) is 42.5 Å². The van der Waals surface area contributed by atoms with Gasteiger partial charge in [0.05, 0.1) is 20.6 Å². The summed E-state index contributed by atoms with van der Waals surface area (Å²) in [6.07, 6.45) is -0.945. The van der Waals surface area contributed by atoms with Crippen LogP contribution in [0.15, 0.2) is 60.7 Å². The minimum Gasteiger partial charge on any atom is -0.497 e. The number of rotatable bonds is 7. The predicted octanol–water partition coefficient (Wildman–Crippen LogP) is 3.97. The summed E-state index contributed by atoms with van der Waals surface area (Å²) in [5.74, 6) is 0.238. The molecule has 0 fully saturated rings. The van der Waals surface area contributed by atoms with Gasteiger partial charge < -0.3 is 19.5 Å². The zero-order chi connectivity index (χ0) is 20.8. The molecule has 1 unspecified atom stereocenters. The van der Waals surface area contributed by atoms with Crippen LogP contribution in [0.1, 0.15) is 12.5 Å². The Labute approximate surface area is 169 Å². The van der Waals surface area contributed by atoms with Crippen LogP contribution in [0.5, 0.6) is 11.5 Å². The Morgan fingerprint density at radius 1 is 0.931 bits per heavy atom. The number of esters is 1. The van der Waals surface area contributed by atoms with Gasteiger partial charge in [-0.25, -0.2) is 0 Å². The van der Waals surface area contributed by atoms with Gasteiger partial charge in [0.2, 0.25) is 0 Å². The lowest BCUT2D eigenvalue weighted by Gasteiger charge is -2.15. The summed E-state index contributed by atoms with van der Waals surface area (Å²) in [5.41, 5.74) is 1.30. The van der Waals surface area contributed by atoms with Gasteiger partial charge >= 0.3 is 5.97 Å². The highest BCUT2D eigenvalue weighted by molar-refractivity contribution is 5.97. The minimum absolute atomic E-state index is 0.0131. The number of fused-ring (bicyclic) bond motifs is 1. The third-order valence-electron chi connectivity index (χ3n) is 4.52. The summed E-state index contributed by atoms with van der Waals surface area (Å²) >= 11 is 0. The van der Waals surface area contributed by atoms with Crippen molar-refractivity contribution in [2.24, 2.45) is 0 Å². The van der Waals surface area contributed by atoms with Gasteiger partial charge in [-0.3, -0.25) is 9.59 Å². The molecule has 0 aromatic heterocycles. The molecule has 6 heteroatoms. The minimum atomic E-state index is -0.932. The lowest BCUT2D eigenvalue weighted by atomic mass is 10.1. The molecular formula is C23H23NO5.